The fourth-order valence-electron chi connectivity index (χ4n) is 9.80. The zero-order chi connectivity index (χ0) is 53.7. The van der Waals surface area contributed by atoms with E-state index in [9.17, 15) is 25.1 Å². The van der Waals surface area contributed by atoms with Gasteiger partial charge in [0.15, 0.2) is 0 Å². The number of carboxylic acid groups (broad SMARTS) is 2. The Kier molecular flexibility index (Phi) is 24.2. The zero-order valence-corrected chi connectivity index (χ0v) is 45.1. The summed E-state index contributed by atoms with van der Waals surface area (Å²) in [5.41, 5.74) is 11.1. The number of hydrogen-bond donors (Lipinski definition) is 2. The fourth-order valence-corrected chi connectivity index (χ4v) is 9.80. The summed E-state index contributed by atoms with van der Waals surface area (Å²) in [5.74, 6) is -2.50. The lowest BCUT2D eigenvalue weighted by Crippen LogP contribution is -2.10. The minimum absolute atomic E-state index is 0.319. The Labute approximate surface area is 453 Å². The van der Waals surface area contributed by atoms with Crippen molar-refractivity contribution in [3.8, 4) is 17.2 Å². The summed E-state index contributed by atoms with van der Waals surface area (Å²) in [6.45, 7) is 11.8. The molecule has 0 atom stereocenters. The van der Waals surface area contributed by atoms with Gasteiger partial charge in [-0.2, -0.15) is 5.26 Å². The van der Waals surface area contributed by atoms with Crippen LogP contribution < -0.4 is 9.80 Å². The molecule has 76 heavy (non-hydrogen) atoms. The first-order valence-corrected chi connectivity index (χ1v) is 28.1. The van der Waals surface area contributed by atoms with Crippen molar-refractivity contribution in [1.29, 1.82) is 5.26 Å². The molecular formula is C68H78N4O4. The number of carbonyl (C=O) groups is 2. The van der Waals surface area contributed by atoms with Crippen molar-refractivity contribution in [3.05, 3.63) is 191 Å². The third kappa shape index (κ3) is 18.3. The first kappa shape index (κ1) is 57.6. The molecule has 0 aliphatic rings. The molecule has 394 valence electrons. The maximum absolute atomic E-state index is 11.6. The van der Waals surface area contributed by atoms with E-state index in [4.69, 9.17) is 6.57 Å². The largest absolute Gasteiger partial charge is 0.486 e. The van der Waals surface area contributed by atoms with Crippen LogP contribution in [0.2, 0.25) is 0 Å². The molecule has 0 fully saturated rings. The van der Waals surface area contributed by atoms with Gasteiger partial charge in [-0.1, -0.05) is 202 Å². The first-order chi connectivity index (χ1) is 37.2. The standard InChI is InChI=1S/C68H78N4O4/c1-4-6-8-10-12-14-16-18-20-22-24-53-26-38-60(39-27-53)71(62-42-30-55(31-43-62)50-59(52-69)67(73)74)64-46-34-57(35-47-64)58-36-48-65(49-37-58)72(63-44-32-56(33-45-63)51-66(70-3)68(75)76)61-40-28-54(29-41-61)25-23-21-19-17-15-13-11-9-7-5-2/h26-51H,4-25H2,1-2H3,(H,73,74)(H,75,76). The molecule has 6 aromatic rings. The predicted octanol–water partition coefficient (Wildman–Crippen LogP) is 19.6. The fraction of sp³-hybridized carbons (Fsp3) is 0.353. The number of aliphatic carboxylic acids is 2. The number of carboxylic acids is 2. The van der Waals surface area contributed by atoms with Crippen molar-refractivity contribution >= 4 is 58.2 Å². The van der Waals surface area contributed by atoms with E-state index in [0.29, 0.717) is 11.1 Å². The summed E-state index contributed by atoms with van der Waals surface area (Å²) in [5, 5.41) is 28.3. The van der Waals surface area contributed by atoms with E-state index in [1.165, 1.54) is 152 Å². The Hall–Kier alpha value is -7.68. The number of nitriles is 1. The summed E-state index contributed by atoms with van der Waals surface area (Å²) >= 11 is 0. The molecule has 0 amide bonds. The van der Waals surface area contributed by atoms with E-state index in [1.807, 2.05) is 48.5 Å². The second-order valence-corrected chi connectivity index (χ2v) is 20.1. The van der Waals surface area contributed by atoms with Gasteiger partial charge in [-0.3, -0.25) is 4.79 Å². The summed E-state index contributed by atoms with van der Waals surface area (Å²) in [6, 6.07) is 51.6. The topological polar surface area (TPSA) is 109 Å². The average Bonchev–Trinajstić information content (AvgIpc) is 3.46. The molecule has 2 N–H and O–H groups in total. The van der Waals surface area contributed by atoms with Crippen LogP contribution in [-0.4, -0.2) is 22.2 Å². The second kappa shape index (κ2) is 31.9. The van der Waals surface area contributed by atoms with Gasteiger partial charge in [-0.05, 0) is 144 Å². The van der Waals surface area contributed by atoms with Gasteiger partial charge in [0.05, 0.1) is 6.57 Å². The highest BCUT2D eigenvalue weighted by molar-refractivity contribution is 5.96. The van der Waals surface area contributed by atoms with Gasteiger partial charge in [-0.25, -0.2) is 9.64 Å². The first-order valence-electron chi connectivity index (χ1n) is 28.1. The second-order valence-electron chi connectivity index (χ2n) is 20.1. The Balaban J connectivity index is 1.19. The van der Waals surface area contributed by atoms with Crippen LogP contribution >= 0.6 is 0 Å². The van der Waals surface area contributed by atoms with Crippen LogP contribution in [0.4, 0.5) is 34.1 Å². The predicted molar refractivity (Wildman–Crippen MR) is 316 cm³/mol. The minimum Gasteiger partial charge on any atom is -0.486 e. The molecule has 8 nitrogen and oxygen atoms in total. The molecule has 0 aliphatic heterocycles. The Bertz CT molecular complexity index is 2640. The molecule has 0 radical (unpaired) electrons. The molecule has 6 rings (SSSR count). The third-order valence-electron chi connectivity index (χ3n) is 14.2. The van der Waals surface area contributed by atoms with Crippen molar-refractivity contribution in [2.24, 2.45) is 0 Å². The van der Waals surface area contributed by atoms with Gasteiger partial charge < -0.3 is 20.0 Å². The number of anilines is 6. The number of rotatable bonds is 33. The molecular weight excluding hydrogens is 937 g/mol. The van der Waals surface area contributed by atoms with Crippen LogP contribution in [0.1, 0.15) is 165 Å². The smallest absolute Gasteiger partial charge is 0.346 e. The summed E-state index contributed by atoms with van der Waals surface area (Å²) in [7, 11) is 0. The number of nitrogens with zero attached hydrogens (tertiary/aromatic N) is 4. The number of unbranched alkanes of at least 4 members (excludes halogenated alkanes) is 18. The number of hydrogen-bond acceptors (Lipinski definition) is 5. The van der Waals surface area contributed by atoms with E-state index in [0.717, 1.165) is 58.1 Å². The highest BCUT2D eigenvalue weighted by Crippen LogP contribution is 2.39. The van der Waals surface area contributed by atoms with E-state index < -0.39 is 11.9 Å². The molecule has 8 heteroatoms. The minimum atomic E-state index is -1.26. The third-order valence-corrected chi connectivity index (χ3v) is 14.2. The monoisotopic (exact) mass is 1010 g/mol. The Morgan fingerprint density at radius 2 is 0.724 bits per heavy atom. The van der Waals surface area contributed by atoms with Crippen LogP contribution in [0, 0.1) is 17.9 Å². The van der Waals surface area contributed by atoms with Gasteiger partial charge >= 0.3 is 11.9 Å². The zero-order valence-electron chi connectivity index (χ0n) is 45.1. The van der Waals surface area contributed by atoms with Crippen LogP contribution in [0.5, 0.6) is 0 Å². The highest BCUT2D eigenvalue weighted by atomic mass is 16.4. The average molecular weight is 1020 g/mol. The highest BCUT2D eigenvalue weighted by Gasteiger charge is 2.17. The van der Waals surface area contributed by atoms with Crippen molar-refractivity contribution in [3.63, 3.8) is 0 Å². The lowest BCUT2D eigenvalue weighted by atomic mass is 10.0. The molecule has 0 unspecified atom stereocenters. The van der Waals surface area contributed by atoms with Crippen LogP contribution in [0.25, 0.3) is 28.1 Å². The molecule has 0 aromatic heterocycles. The van der Waals surface area contributed by atoms with Crippen LogP contribution in [0.3, 0.4) is 0 Å². The van der Waals surface area contributed by atoms with E-state index in [1.54, 1.807) is 6.07 Å². The van der Waals surface area contributed by atoms with Gasteiger partial charge in [0.25, 0.3) is 5.70 Å². The summed E-state index contributed by atoms with van der Waals surface area (Å²) in [4.78, 5) is 30.8. The van der Waals surface area contributed by atoms with E-state index in [-0.39, 0.29) is 11.3 Å². The molecule has 0 aliphatic carbocycles. The maximum Gasteiger partial charge on any atom is 0.346 e. The van der Waals surface area contributed by atoms with Gasteiger partial charge in [0, 0.05) is 34.1 Å². The van der Waals surface area contributed by atoms with Crippen molar-refractivity contribution in [2.75, 3.05) is 9.80 Å². The van der Waals surface area contributed by atoms with Crippen LogP contribution in [0.15, 0.2) is 157 Å². The SMILES string of the molecule is [C-]#[N+]C(=Cc1ccc(N(c2ccc(CCCCCCCCCCCC)cc2)c2ccc(-c3ccc(N(c4ccc(C=C(C#N)C(=O)O)cc4)c4ccc(CCCCCCCCCCCC)cc4)cc3)cc2)cc1)C(=O)O. The molecule has 0 spiro atoms. The van der Waals surface area contributed by atoms with E-state index in [2.05, 4.69) is 126 Å². The summed E-state index contributed by atoms with van der Waals surface area (Å²) < 4.78 is 0. The number of benzene rings is 6. The van der Waals surface area contributed by atoms with Crippen molar-refractivity contribution in [2.45, 2.75) is 155 Å². The summed E-state index contributed by atoms with van der Waals surface area (Å²) in [6.07, 6.45) is 31.1. The van der Waals surface area contributed by atoms with Gasteiger partial charge in [0.2, 0.25) is 0 Å². The normalized spacial score (nSPS) is 11.5. The molecule has 0 heterocycles. The quantitative estimate of drug-likeness (QED) is 0.0183. The molecule has 0 bridgehead atoms. The van der Waals surface area contributed by atoms with E-state index >= 15 is 0 Å². The lowest BCUT2D eigenvalue weighted by molar-refractivity contribution is -0.133. The molecule has 0 saturated heterocycles. The Morgan fingerprint density at radius 3 is 1.01 bits per heavy atom. The van der Waals surface area contributed by atoms with Gasteiger partial charge in [0.1, 0.15) is 11.6 Å². The van der Waals surface area contributed by atoms with Gasteiger partial charge in [-0.15, -0.1) is 0 Å². The van der Waals surface area contributed by atoms with Crippen molar-refractivity contribution < 1.29 is 19.8 Å². The molecule has 6 aromatic carbocycles. The van der Waals surface area contributed by atoms with Crippen molar-refractivity contribution in [1.82, 2.24) is 0 Å². The maximum atomic E-state index is 11.6. The number of aryl methyl sites for hydroxylation is 2. The lowest BCUT2D eigenvalue weighted by Gasteiger charge is -2.26. The van der Waals surface area contributed by atoms with Crippen LogP contribution in [-0.2, 0) is 22.4 Å². The molecule has 0 saturated carbocycles. The Morgan fingerprint density at radius 1 is 0.434 bits per heavy atom.